The van der Waals surface area contributed by atoms with Crippen LogP contribution in [0.3, 0.4) is 0 Å². The molecular formula is C17H16N2O. The van der Waals surface area contributed by atoms with Crippen LogP contribution < -0.4 is 0 Å². The highest BCUT2D eigenvalue weighted by atomic mass is 16.3. The molecule has 0 spiro atoms. The van der Waals surface area contributed by atoms with Crippen molar-refractivity contribution in [2.24, 2.45) is 0 Å². The third-order valence-corrected chi connectivity index (χ3v) is 3.40. The monoisotopic (exact) mass is 264 g/mol. The first kappa shape index (κ1) is 12.5. The zero-order valence-electron chi connectivity index (χ0n) is 11.3. The van der Waals surface area contributed by atoms with Gasteiger partial charge in [-0.05, 0) is 12.5 Å². The van der Waals surface area contributed by atoms with Crippen LogP contribution in [0.25, 0.3) is 11.3 Å². The second-order valence-electron chi connectivity index (χ2n) is 4.79. The Morgan fingerprint density at radius 1 is 0.950 bits per heavy atom. The van der Waals surface area contributed by atoms with Crippen LogP contribution in [-0.4, -0.2) is 14.9 Å². The van der Waals surface area contributed by atoms with Gasteiger partial charge in [0, 0.05) is 5.56 Å². The number of hydrogen-bond donors (Lipinski definition) is 1. The van der Waals surface area contributed by atoms with Gasteiger partial charge in [0.05, 0.1) is 12.2 Å². The van der Waals surface area contributed by atoms with Gasteiger partial charge in [-0.3, -0.25) is 4.68 Å². The molecule has 100 valence electrons. The van der Waals surface area contributed by atoms with Gasteiger partial charge in [0.25, 0.3) is 0 Å². The first-order valence-electron chi connectivity index (χ1n) is 6.61. The van der Waals surface area contributed by atoms with Gasteiger partial charge < -0.3 is 5.11 Å². The van der Waals surface area contributed by atoms with E-state index >= 15 is 0 Å². The van der Waals surface area contributed by atoms with E-state index in [4.69, 9.17) is 0 Å². The van der Waals surface area contributed by atoms with Gasteiger partial charge >= 0.3 is 0 Å². The van der Waals surface area contributed by atoms with Crippen molar-refractivity contribution in [1.82, 2.24) is 9.78 Å². The molecule has 0 amide bonds. The molecule has 0 fully saturated rings. The first-order chi connectivity index (χ1) is 9.75. The van der Waals surface area contributed by atoms with E-state index in [0.717, 1.165) is 16.8 Å². The Morgan fingerprint density at radius 3 is 2.20 bits per heavy atom. The molecule has 3 nitrogen and oxygen atoms in total. The zero-order valence-corrected chi connectivity index (χ0v) is 11.3. The summed E-state index contributed by atoms with van der Waals surface area (Å²) >= 11 is 0. The van der Waals surface area contributed by atoms with E-state index in [1.54, 1.807) is 0 Å². The lowest BCUT2D eigenvalue weighted by Crippen LogP contribution is -2.03. The van der Waals surface area contributed by atoms with Crippen molar-refractivity contribution in [3.05, 3.63) is 71.9 Å². The molecule has 3 heteroatoms. The molecule has 0 saturated carbocycles. The van der Waals surface area contributed by atoms with Crippen LogP contribution in [0.4, 0.5) is 0 Å². The number of benzene rings is 2. The van der Waals surface area contributed by atoms with Crippen molar-refractivity contribution in [3.8, 4) is 17.0 Å². The van der Waals surface area contributed by atoms with E-state index in [2.05, 4.69) is 17.2 Å². The molecule has 1 heterocycles. The van der Waals surface area contributed by atoms with Crippen LogP contribution >= 0.6 is 0 Å². The molecule has 0 unspecified atom stereocenters. The van der Waals surface area contributed by atoms with Gasteiger partial charge in [-0.15, -0.1) is 0 Å². The van der Waals surface area contributed by atoms with Crippen LogP contribution in [0.5, 0.6) is 5.75 Å². The van der Waals surface area contributed by atoms with E-state index in [-0.39, 0.29) is 5.75 Å². The minimum atomic E-state index is 0.257. The van der Waals surface area contributed by atoms with Crippen LogP contribution in [0, 0.1) is 6.92 Å². The molecule has 0 aliphatic heterocycles. The average molecular weight is 264 g/mol. The van der Waals surface area contributed by atoms with E-state index in [0.29, 0.717) is 12.2 Å². The molecule has 0 atom stereocenters. The Kier molecular flexibility index (Phi) is 3.25. The third-order valence-electron chi connectivity index (χ3n) is 3.40. The van der Waals surface area contributed by atoms with Crippen LogP contribution in [0.15, 0.2) is 60.7 Å². The number of hydrogen-bond acceptors (Lipinski definition) is 2. The van der Waals surface area contributed by atoms with Crippen molar-refractivity contribution in [3.63, 3.8) is 0 Å². The van der Waals surface area contributed by atoms with E-state index in [1.807, 2.05) is 60.1 Å². The van der Waals surface area contributed by atoms with Gasteiger partial charge in [-0.2, -0.15) is 5.10 Å². The second-order valence-corrected chi connectivity index (χ2v) is 4.79. The van der Waals surface area contributed by atoms with Gasteiger partial charge in [-0.1, -0.05) is 60.7 Å². The van der Waals surface area contributed by atoms with Crippen LogP contribution in [-0.2, 0) is 6.54 Å². The predicted molar refractivity (Wildman–Crippen MR) is 79.6 cm³/mol. The molecule has 1 aromatic heterocycles. The SMILES string of the molecule is Cc1c(O)c(-c2ccccc2)nn1Cc1ccccc1. The quantitative estimate of drug-likeness (QED) is 0.784. The van der Waals surface area contributed by atoms with E-state index < -0.39 is 0 Å². The maximum absolute atomic E-state index is 10.3. The molecule has 2 aromatic carbocycles. The Balaban J connectivity index is 1.98. The Hall–Kier alpha value is -2.55. The Bertz CT molecular complexity index is 703. The lowest BCUT2D eigenvalue weighted by atomic mass is 10.1. The molecule has 20 heavy (non-hydrogen) atoms. The first-order valence-corrected chi connectivity index (χ1v) is 6.61. The maximum Gasteiger partial charge on any atom is 0.164 e. The summed E-state index contributed by atoms with van der Waals surface area (Å²) in [5.41, 5.74) is 3.52. The summed E-state index contributed by atoms with van der Waals surface area (Å²) < 4.78 is 1.84. The number of nitrogens with zero attached hydrogens (tertiary/aromatic N) is 2. The fourth-order valence-corrected chi connectivity index (χ4v) is 2.24. The lowest BCUT2D eigenvalue weighted by Gasteiger charge is -2.03. The normalized spacial score (nSPS) is 10.7. The summed E-state index contributed by atoms with van der Waals surface area (Å²) in [6, 6.07) is 19.9. The highest BCUT2D eigenvalue weighted by Crippen LogP contribution is 2.31. The van der Waals surface area contributed by atoms with Crippen LogP contribution in [0.2, 0.25) is 0 Å². The van der Waals surface area contributed by atoms with Gasteiger partial charge in [0.1, 0.15) is 5.69 Å². The van der Waals surface area contributed by atoms with Crippen molar-refractivity contribution < 1.29 is 5.11 Å². The van der Waals surface area contributed by atoms with Crippen molar-refractivity contribution in [2.45, 2.75) is 13.5 Å². The third kappa shape index (κ3) is 2.30. The number of aromatic nitrogens is 2. The molecule has 3 aromatic rings. The van der Waals surface area contributed by atoms with Crippen molar-refractivity contribution in [1.29, 1.82) is 0 Å². The summed E-state index contributed by atoms with van der Waals surface area (Å²) in [4.78, 5) is 0. The van der Waals surface area contributed by atoms with Gasteiger partial charge in [0.15, 0.2) is 5.75 Å². The molecule has 1 N–H and O–H groups in total. The zero-order chi connectivity index (χ0) is 13.9. The minimum Gasteiger partial charge on any atom is -0.504 e. The van der Waals surface area contributed by atoms with E-state index in [1.165, 1.54) is 0 Å². The summed E-state index contributed by atoms with van der Waals surface area (Å²) in [5, 5.41) is 14.8. The number of rotatable bonds is 3. The van der Waals surface area contributed by atoms with E-state index in [9.17, 15) is 5.11 Å². The molecule has 0 radical (unpaired) electrons. The summed E-state index contributed by atoms with van der Waals surface area (Å²) in [5.74, 6) is 0.257. The Morgan fingerprint density at radius 2 is 1.55 bits per heavy atom. The van der Waals surface area contributed by atoms with Crippen molar-refractivity contribution >= 4 is 0 Å². The predicted octanol–water partition coefficient (Wildman–Crippen LogP) is 3.61. The molecule has 0 bridgehead atoms. The molecular weight excluding hydrogens is 248 g/mol. The average Bonchev–Trinajstić information content (AvgIpc) is 2.78. The minimum absolute atomic E-state index is 0.257. The molecule has 0 aliphatic rings. The standard InChI is InChI=1S/C17H16N2O/c1-13-17(20)16(15-10-6-3-7-11-15)18-19(13)12-14-8-4-2-5-9-14/h2-11,20H,12H2,1H3. The fourth-order valence-electron chi connectivity index (χ4n) is 2.24. The summed E-state index contributed by atoms with van der Waals surface area (Å²) in [6.07, 6.45) is 0. The molecule has 3 rings (SSSR count). The highest BCUT2D eigenvalue weighted by Gasteiger charge is 2.15. The lowest BCUT2D eigenvalue weighted by molar-refractivity contribution is 0.470. The smallest absolute Gasteiger partial charge is 0.164 e. The largest absolute Gasteiger partial charge is 0.504 e. The topological polar surface area (TPSA) is 38.1 Å². The molecule has 0 saturated heterocycles. The van der Waals surface area contributed by atoms with Crippen molar-refractivity contribution in [2.75, 3.05) is 0 Å². The van der Waals surface area contributed by atoms with Gasteiger partial charge in [-0.25, -0.2) is 0 Å². The van der Waals surface area contributed by atoms with Gasteiger partial charge in [0.2, 0.25) is 0 Å². The second kappa shape index (κ2) is 5.21. The molecule has 0 aliphatic carbocycles. The summed E-state index contributed by atoms with van der Waals surface area (Å²) in [6.45, 7) is 2.55. The Labute approximate surface area is 118 Å². The van der Waals surface area contributed by atoms with Crippen LogP contribution in [0.1, 0.15) is 11.3 Å². The summed E-state index contributed by atoms with van der Waals surface area (Å²) in [7, 11) is 0. The maximum atomic E-state index is 10.3. The highest BCUT2D eigenvalue weighted by molar-refractivity contribution is 5.66. The fraction of sp³-hybridized carbons (Fsp3) is 0.118. The number of aromatic hydroxyl groups is 1.